The van der Waals surface area contributed by atoms with E-state index in [-0.39, 0.29) is 38.6 Å². The number of aliphatic carboxylic acids is 1. The highest BCUT2D eigenvalue weighted by Crippen LogP contribution is 2.17. The molecule has 0 radical (unpaired) electrons. The lowest BCUT2D eigenvalue weighted by Gasteiger charge is -2.25. The van der Waals surface area contributed by atoms with Gasteiger partial charge in [0, 0.05) is 12.8 Å². The van der Waals surface area contributed by atoms with Crippen LogP contribution in [-0.2, 0) is 33.3 Å². The van der Waals surface area contributed by atoms with Crippen molar-refractivity contribution in [2.24, 2.45) is 0 Å². The number of nitrogens with zero attached hydrogens (tertiary/aromatic N) is 1. The van der Waals surface area contributed by atoms with Crippen LogP contribution in [0.2, 0.25) is 0 Å². The second-order valence-corrected chi connectivity index (χ2v) is 23.4. The third-order valence-corrected chi connectivity index (χ3v) is 14.5. The summed E-state index contributed by atoms with van der Waals surface area (Å²) in [6, 6.07) is 0. The third kappa shape index (κ3) is 60.6. The summed E-state index contributed by atoms with van der Waals surface area (Å²) in [6.07, 6.45) is 74.8. The molecule has 0 aromatic heterocycles. The Balaban J connectivity index is 4.02. The van der Waals surface area contributed by atoms with Gasteiger partial charge < -0.3 is 28.5 Å². The minimum Gasteiger partial charge on any atom is -0.477 e. The molecule has 0 aromatic carbocycles. The van der Waals surface area contributed by atoms with Crippen LogP contribution >= 0.6 is 0 Å². The Morgan fingerprint density at radius 3 is 1.04 bits per heavy atom. The Morgan fingerprint density at radius 1 is 0.385 bits per heavy atom. The number of hydrogen-bond donors (Lipinski definition) is 1. The van der Waals surface area contributed by atoms with Crippen molar-refractivity contribution in [3.63, 3.8) is 0 Å². The van der Waals surface area contributed by atoms with Crippen molar-refractivity contribution in [1.82, 2.24) is 0 Å². The standard InChI is InChI=1S/C69H125NO8/c1-6-8-10-12-14-16-18-20-22-24-25-26-27-28-29-30-31-32-33-34-35-36-37-38-39-40-41-42-43-44-46-48-50-52-54-56-58-60-67(72)78-65(64-77-69(68(73)74)75-62-61-70(3,4)5)63-76-66(71)59-57-55-53-51-49-47-45-23-21-19-17-15-13-11-9-7-2/h17-20,23-25,27-28,45,65,69H,6-16,21-22,26,29-44,46-64H2,1-5H3/p+1/b19-17-,20-18-,25-24-,28-27-,45-23-. The van der Waals surface area contributed by atoms with E-state index in [0.29, 0.717) is 11.0 Å². The summed E-state index contributed by atoms with van der Waals surface area (Å²) in [5.41, 5.74) is 0. The van der Waals surface area contributed by atoms with Crippen LogP contribution < -0.4 is 0 Å². The van der Waals surface area contributed by atoms with Crippen LogP contribution in [0.25, 0.3) is 0 Å². The Labute approximate surface area is 482 Å². The lowest BCUT2D eigenvalue weighted by atomic mass is 10.0. The van der Waals surface area contributed by atoms with Crippen LogP contribution in [0.15, 0.2) is 60.8 Å². The zero-order valence-electron chi connectivity index (χ0n) is 51.8. The molecule has 0 saturated carbocycles. The third-order valence-electron chi connectivity index (χ3n) is 14.5. The van der Waals surface area contributed by atoms with E-state index in [4.69, 9.17) is 18.9 Å². The van der Waals surface area contributed by atoms with Gasteiger partial charge in [0.1, 0.15) is 13.2 Å². The zero-order chi connectivity index (χ0) is 56.9. The fraction of sp³-hybridized carbons (Fsp3) is 0.812. The lowest BCUT2D eigenvalue weighted by Crippen LogP contribution is -2.40. The number of carbonyl (C=O) groups excluding carboxylic acids is 2. The van der Waals surface area contributed by atoms with Crippen LogP contribution in [0.3, 0.4) is 0 Å². The van der Waals surface area contributed by atoms with Crippen molar-refractivity contribution < 1.29 is 42.9 Å². The maximum absolute atomic E-state index is 12.9. The molecule has 9 nitrogen and oxygen atoms in total. The molecule has 2 atom stereocenters. The summed E-state index contributed by atoms with van der Waals surface area (Å²) in [4.78, 5) is 37.5. The highest BCUT2D eigenvalue weighted by Gasteiger charge is 2.25. The molecule has 1 N–H and O–H groups in total. The van der Waals surface area contributed by atoms with E-state index in [1.807, 2.05) is 21.1 Å². The quantitative estimate of drug-likeness (QED) is 0.0211. The first kappa shape index (κ1) is 75.0. The first-order valence-corrected chi connectivity index (χ1v) is 33.0. The van der Waals surface area contributed by atoms with E-state index in [1.165, 1.54) is 199 Å². The van der Waals surface area contributed by atoms with Gasteiger partial charge in [-0.05, 0) is 83.5 Å². The SMILES string of the molecule is CCCCCC/C=C\C/C=C\CCCCCCCC(=O)OCC(COC(OCC[N+](C)(C)C)C(=O)O)OC(=O)CCCCCCCCCCCCCCCCCCCCCCCC/C=C\C/C=C\C/C=C\CCCCCCC. The molecule has 2 unspecified atom stereocenters. The molecule has 0 heterocycles. The molecule has 0 fully saturated rings. The Bertz CT molecular complexity index is 1460. The zero-order valence-corrected chi connectivity index (χ0v) is 51.8. The minimum atomic E-state index is -1.51. The Morgan fingerprint density at radius 2 is 0.692 bits per heavy atom. The monoisotopic (exact) mass is 1100 g/mol. The summed E-state index contributed by atoms with van der Waals surface area (Å²) in [5, 5.41) is 9.71. The smallest absolute Gasteiger partial charge is 0.361 e. The molecular formula is C69H126NO8+. The van der Waals surface area contributed by atoms with Gasteiger partial charge >= 0.3 is 17.9 Å². The van der Waals surface area contributed by atoms with E-state index >= 15 is 0 Å². The predicted octanol–water partition coefficient (Wildman–Crippen LogP) is 20.0. The summed E-state index contributed by atoms with van der Waals surface area (Å²) in [6.45, 7) is 4.86. The number of likely N-dealkylation sites (N-methyl/N-ethyl adjacent to an activating group) is 1. The van der Waals surface area contributed by atoms with Gasteiger partial charge in [-0.3, -0.25) is 9.59 Å². The van der Waals surface area contributed by atoms with Gasteiger partial charge in [-0.25, -0.2) is 4.79 Å². The highest BCUT2D eigenvalue weighted by atomic mass is 16.7. The number of rotatable bonds is 61. The van der Waals surface area contributed by atoms with E-state index in [9.17, 15) is 19.5 Å². The number of esters is 2. The molecule has 9 heteroatoms. The molecule has 0 amide bonds. The summed E-state index contributed by atoms with van der Waals surface area (Å²) in [7, 11) is 5.97. The Kier molecular flexibility index (Phi) is 57.8. The molecule has 78 heavy (non-hydrogen) atoms. The maximum Gasteiger partial charge on any atom is 0.361 e. The number of ether oxygens (including phenoxy) is 4. The highest BCUT2D eigenvalue weighted by molar-refractivity contribution is 5.71. The summed E-state index contributed by atoms with van der Waals surface area (Å²) < 4.78 is 22.9. The number of carboxylic acid groups (broad SMARTS) is 1. The maximum atomic E-state index is 12.9. The van der Waals surface area contributed by atoms with Gasteiger partial charge in [0.2, 0.25) is 0 Å². The molecule has 0 aliphatic heterocycles. The summed E-state index contributed by atoms with van der Waals surface area (Å²) >= 11 is 0. The van der Waals surface area contributed by atoms with Gasteiger partial charge in [0.15, 0.2) is 6.10 Å². The van der Waals surface area contributed by atoms with Crippen LogP contribution in [0.1, 0.15) is 303 Å². The number of unbranched alkanes of at least 4 members (excludes halogenated alkanes) is 36. The molecule has 0 aliphatic carbocycles. The first-order chi connectivity index (χ1) is 38.1. The summed E-state index contributed by atoms with van der Waals surface area (Å²) in [5.74, 6) is -2.01. The van der Waals surface area contributed by atoms with Gasteiger partial charge in [-0.1, -0.05) is 267 Å². The number of allylic oxidation sites excluding steroid dienone is 10. The van der Waals surface area contributed by atoms with Gasteiger partial charge in [0.25, 0.3) is 6.29 Å². The normalized spacial score (nSPS) is 13.1. The average Bonchev–Trinajstić information content (AvgIpc) is 3.41. The largest absolute Gasteiger partial charge is 0.477 e. The van der Waals surface area contributed by atoms with Gasteiger partial charge in [0.05, 0.1) is 34.4 Å². The molecule has 0 aliphatic rings. The molecule has 0 bridgehead atoms. The molecule has 0 rings (SSSR count). The van der Waals surface area contributed by atoms with Crippen LogP contribution in [-0.4, -0.2) is 87.4 Å². The molecule has 454 valence electrons. The van der Waals surface area contributed by atoms with Crippen molar-refractivity contribution in [2.45, 2.75) is 315 Å². The van der Waals surface area contributed by atoms with Crippen molar-refractivity contribution in [3.05, 3.63) is 60.8 Å². The average molecular weight is 1100 g/mol. The topological polar surface area (TPSA) is 108 Å². The number of carbonyl (C=O) groups is 3. The van der Waals surface area contributed by atoms with Crippen molar-refractivity contribution in [1.29, 1.82) is 0 Å². The molecular weight excluding hydrogens is 971 g/mol. The van der Waals surface area contributed by atoms with Crippen molar-refractivity contribution in [3.8, 4) is 0 Å². The predicted molar refractivity (Wildman–Crippen MR) is 332 cm³/mol. The molecule has 0 spiro atoms. The van der Waals surface area contributed by atoms with Crippen LogP contribution in [0.4, 0.5) is 0 Å². The van der Waals surface area contributed by atoms with E-state index in [0.717, 1.165) is 77.0 Å². The van der Waals surface area contributed by atoms with E-state index in [1.54, 1.807) is 0 Å². The minimum absolute atomic E-state index is 0.185. The lowest BCUT2D eigenvalue weighted by molar-refractivity contribution is -0.870. The first-order valence-electron chi connectivity index (χ1n) is 33.0. The number of hydrogen-bond acceptors (Lipinski definition) is 7. The Hall–Kier alpha value is -3.01. The second kappa shape index (κ2) is 60.1. The fourth-order valence-electron chi connectivity index (χ4n) is 9.41. The fourth-order valence-corrected chi connectivity index (χ4v) is 9.41. The van der Waals surface area contributed by atoms with Gasteiger partial charge in [-0.2, -0.15) is 0 Å². The van der Waals surface area contributed by atoms with Crippen LogP contribution in [0, 0.1) is 0 Å². The molecule has 0 aromatic rings. The van der Waals surface area contributed by atoms with Crippen molar-refractivity contribution in [2.75, 3.05) is 47.5 Å². The van der Waals surface area contributed by atoms with E-state index < -0.39 is 24.3 Å². The van der Waals surface area contributed by atoms with E-state index in [2.05, 4.69) is 74.6 Å². The van der Waals surface area contributed by atoms with Crippen molar-refractivity contribution >= 4 is 17.9 Å². The number of carboxylic acids is 1. The van der Waals surface area contributed by atoms with Gasteiger partial charge in [-0.15, -0.1) is 0 Å². The van der Waals surface area contributed by atoms with Crippen LogP contribution in [0.5, 0.6) is 0 Å². The number of quaternary nitrogens is 1. The second-order valence-electron chi connectivity index (χ2n) is 23.4. The molecule has 0 saturated heterocycles.